The second kappa shape index (κ2) is 19.5. The van der Waals surface area contributed by atoms with Gasteiger partial charge in [0.1, 0.15) is 0 Å². The molecule has 0 bridgehead atoms. The highest BCUT2D eigenvalue weighted by molar-refractivity contribution is 5.87. The molecule has 5 aromatic carbocycles. The summed E-state index contributed by atoms with van der Waals surface area (Å²) in [7, 11) is 0. The molecule has 6 heteroatoms. The molecule has 72 heavy (non-hydrogen) atoms. The van der Waals surface area contributed by atoms with Gasteiger partial charge in [0.15, 0.2) is 0 Å². The number of benzene rings is 5. The molecule has 0 fully saturated rings. The molecule has 4 aromatic heterocycles. The van der Waals surface area contributed by atoms with Crippen molar-refractivity contribution in [2.45, 2.75) is 105 Å². The molecular weight excluding hydrogens is 877 g/mol. The molecule has 0 spiro atoms. The van der Waals surface area contributed by atoms with Crippen molar-refractivity contribution in [2.24, 2.45) is 0 Å². The third-order valence-corrected chi connectivity index (χ3v) is 13.4. The van der Waals surface area contributed by atoms with E-state index < -0.39 is 0 Å². The Morgan fingerprint density at radius 2 is 0.472 bits per heavy atom. The Hall–Kier alpha value is -7.70. The monoisotopic (exact) mass is 945 g/mol. The van der Waals surface area contributed by atoms with E-state index in [9.17, 15) is 0 Å². The lowest BCUT2D eigenvalue weighted by atomic mass is 9.84. The first-order valence-corrected chi connectivity index (χ1v) is 25.2. The van der Waals surface area contributed by atoms with Gasteiger partial charge in [-0.25, -0.2) is 0 Å². The Balaban J connectivity index is 1.31. The minimum atomic E-state index is -0.145. The van der Waals surface area contributed by atoms with E-state index in [1.54, 1.807) is 0 Å². The van der Waals surface area contributed by atoms with Crippen molar-refractivity contribution in [1.82, 2.24) is 19.9 Å². The molecule has 0 saturated carbocycles. The third kappa shape index (κ3) is 10.9. The molecule has 362 valence electrons. The average Bonchev–Trinajstić information content (AvgIpc) is 3.37. The maximum Gasteiger partial charge on any atom is 0.0702 e. The molecule has 9 aromatic rings. The maximum absolute atomic E-state index is 4.86. The van der Waals surface area contributed by atoms with Crippen LogP contribution in [-0.2, 0) is 21.7 Å². The normalized spacial score (nSPS) is 12.2. The van der Waals surface area contributed by atoms with Crippen molar-refractivity contribution in [1.29, 1.82) is 0 Å². The summed E-state index contributed by atoms with van der Waals surface area (Å²) in [4.78, 5) is 24.3. The van der Waals surface area contributed by atoms with Crippen molar-refractivity contribution >= 4 is 34.1 Å². The van der Waals surface area contributed by atoms with Crippen molar-refractivity contribution < 1.29 is 0 Å². The van der Waals surface area contributed by atoms with Crippen LogP contribution >= 0.6 is 0 Å². The highest BCUT2D eigenvalue weighted by atomic mass is 15.2. The van der Waals surface area contributed by atoms with Gasteiger partial charge in [-0.2, -0.15) is 0 Å². The average molecular weight is 945 g/mol. The van der Waals surface area contributed by atoms with Gasteiger partial charge in [0.25, 0.3) is 0 Å². The van der Waals surface area contributed by atoms with Gasteiger partial charge >= 0.3 is 0 Å². The van der Waals surface area contributed by atoms with Crippen LogP contribution in [0.15, 0.2) is 195 Å². The molecule has 0 atom stereocenters. The van der Waals surface area contributed by atoms with Crippen molar-refractivity contribution in [3.05, 3.63) is 217 Å². The summed E-state index contributed by atoms with van der Waals surface area (Å²) in [6, 6.07) is 61.4. The van der Waals surface area contributed by atoms with Gasteiger partial charge in [-0.3, -0.25) is 19.9 Å². The largest absolute Gasteiger partial charge is 0.310 e. The Labute approximate surface area is 428 Å². The maximum atomic E-state index is 4.86. The van der Waals surface area contributed by atoms with Crippen LogP contribution in [0.1, 0.15) is 105 Å². The lowest BCUT2D eigenvalue weighted by Gasteiger charge is -2.32. The van der Waals surface area contributed by atoms with Gasteiger partial charge in [-0.15, -0.1) is 0 Å². The Bertz CT molecular complexity index is 2880. The molecule has 0 aliphatic carbocycles. The molecule has 0 radical (unpaired) electrons. The number of pyridine rings is 4. The highest BCUT2D eigenvalue weighted by Crippen LogP contribution is 2.46. The topological polar surface area (TPSA) is 58.0 Å². The van der Waals surface area contributed by atoms with E-state index >= 15 is 0 Å². The zero-order chi connectivity index (χ0) is 51.0. The quantitative estimate of drug-likeness (QED) is 0.136. The van der Waals surface area contributed by atoms with E-state index in [2.05, 4.69) is 238 Å². The molecule has 6 nitrogen and oxygen atoms in total. The van der Waals surface area contributed by atoms with Gasteiger partial charge in [-0.1, -0.05) is 107 Å². The minimum Gasteiger partial charge on any atom is -0.310 e. The third-order valence-electron chi connectivity index (χ3n) is 13.4. The van der Waals surface area contributed by atoms with Crippen LogP contribution in [-0.4, -0.2) is 19.9 Å². The molecule has 0 N–H and O–H groups in total. The van der Waals surface area contributed by atoms with Gasteiger partial charge in [0, 0.05) is 81.2 Å². The minimum absolute atomic E-state index is 0.145. The van der Waals surface area contributed by atoms with Gasteiger partial charge < -0.3 is 9.80 Å². The predicted octanol–water partition coefficient (Wildman–Crippen LogP) is 18.1. The highest BCUT2D eigenvalue weighted by Gasteiger charge is 2.27. The second-order valence-corrected chi connectivity index (χ2v) is 23.1. The fourth-order valence-electron chi connectivity index (χ4n) is 9.06. The van der Waals surface area contributed by atoms with Gasteiger partial charge in [0.2, 0.25) is 0 Å². The van der Waals surface area contributed by atoms with E-state index in [-0.39, 0.29) is 21.7 Å². The number of nitrogens with zero attached hydrogens (tertiary/aromatic N) is 6. The fraction of sp³-hybridized carbons (Fsp3) is 0.242. The SMILES string of the molecule is CC(C)(C)c1cc(-c2ccccn2)cc(N(c2ccc(N(c3cc(-c4ccccn4)cc(C(C)(C)C)c3)c3cc(-c4ccccn4)cc(C(C)(C)C)c3)cc2)c2cc(-c3ccccn3)cc(C(C)(C)C)c2)c1. The lowest BCUT2D eigenvalue weighted by molar-refractivity contribution is 0.589. The fourth-order valence-corrected chi connectivity index (χ4v) is 9.06. The van der Waals surface area contributed by atoms with E-state index in [0.29, 0.717) is 0 Å². The zero-order valence-corrected chi connectivity index (χ0v) is 44.2. The number of rotatable bonds is 10. The summed E-state index contributed by atoms with van der Waals surface area (Å²) in [5.41, 5.74) is 18.5. The molecule has 9 rings (SSSR count). The summed E-state index contributed by atoms with van der Waals surface area (Å²) in [5.74, 6) is 0. The summed E-state index contributed by atoms with van der Waals surface area (Å²) < 4.78 is 0. The summed E-state index contributed by atoms with van der Waals surface area (Å²) in [6.45, 7) is 27.4. The molecular formula is C66H68N6. The van der Waals surface area contributed by atoms with E-state index in [0.717, 1.165) is 79.2 Å². The van der Waals surface area contributed by atoms with Crippen LogP contribution in [0, 0.1) is 0 Å². The van der Waals surface area contributed by atoms with Crippen LogP contribution in [0.2, 0.25) is 0 Å². The first-order valence-electron chi connectivity index (χ1n) is 25.2. The van der Waals surface area contributed by atoms with Crippen LogP contribution in [0.3, 0.4) is 0 Å². The molecule has 0 aliphatic heterocycles. The van der Waals surface area contributed by atoms with Crippen molar-refractivity contribution in [3.63, 3.8) is 0 Å². The van der Waals surface area contributed by atoms with Crippen LogP contribution < -0.4 is 9.80 Å². The van der Waals surface area contributed by atoms with Crippen molar-refractivity contribution in [2.75, 3.05) is 9.80 Å². The summed E-state index contributed by atoms with van der Waals surface area (Å²) in [6.07, 6.45) is 7.50. The number of hydrogen-bond donors (Lipinski definition) is 0. The van der Waals surface area contributed by atoms with E-state index in [1.165, 1.54) is 22.3 Å². The standard InChI is InChI=1S/C66H68N6/c1-63(2,3)49-33-45(59-21-13-17-29-67-59)37-55(41-49)71(56-38-46(60-22-14-18-30-68-60)34-50(42-56)64(4,5)6)53-25-27-54(28-26-53)72(57-39-47(61-23-15-19-31-69-61)35-51(43-57)65(7,8)9)58-40-48(62-24-16-20-32-70-62)36-52(44-58)66(10,11)12/h13-44H,1-12H3. The Morgan fingerprint density at radius 3 is 0.653 bits per heavy atom. The first kappa shape index (κ1) is 49.3. The molecule has 0 aliphatic rings. The Morgan fingerprint density at radius 1 is 0.250 bits per heavy atom. The number of anilines is 6. The van der Waals surface area contributed by atoms with Crippen LogP contribution in [0.25, 0.3) is 45.0 Å². The second-order valence-electron chi connectivity index (χ2n) is 23.1. The lowest BCUT2D eigenvalue weighted by Crippen LogP contribution is -2.18. The summed E-state index contributed by atoms with van der Waals surface area (Å²) >= 11 is 0. The Kier molecular flexibility index (Phi) is 13.3. The number of hydrogen-bond acceptors (Lipinski definition) is 6. The van der Waals surface area contributed by atoms with Crippen LogP contribution in [0.5, 0.6) is 0 Å². The zero-order valence-electron chi connectivity index (χ0n) is 44.2. The van der Waals surface area contributed by atoms with Crippen LogP contribution in [0.4, 0.5) is 34.1 Å². The van der Waals surface area contributed by atoms with Crippen molar-refractivity contribution in [3.8, 4) is 45.0 Å². The predicted molar refractivity (Wildman–Crippen MR) is 304 cm³/mol. The summed E-state index contributed by atoms with van der Waals surface area (Å²) in [5, 5.41) is 0. The van der Waals surface area contributed by atoms with Gasteiger partial charge in [0.05, 0.1) is 22.8 Å². The smallest absolute Gasteiger partial charge is 0.0702 e. The molecule has 4 heterocycles. The first-order chi connectivity index (χ1) is 34.2. The molecule has 0 amide bonds. The molecule has 0 saturated heterocycles. The van der Waals surface area contributed by atoms with Gasteiger partial charge in [-0.05, 0) is 190 Å². The van der Waals surface area contributed by atoms with E-state index in [4.69, 9.17) is 19.9 Å². The number of aromatic nitrogens is 4. The molecule has 0 unspecified atom stereocenters. The van der Waals surface area contributed by atoms with E-state index in [1.807, 2.05) is 49.1 Å².